The molecule has 0 saturated heterocycles. The van der Waals surface area contributed by atoms with Crippen molar-refractivity contribution in [2.45, 2.75) is 4.90 Å². The standard InChI is InChI=1S/C9H11NO3S/c1-10-9(11)13-7-3-5-8(6-4-7)14(2)12/h3-6H,1-2H3,(H,10,11). The fourth-order valence-corrected chi connectivity index (χ4v) is 1.38. The van der Waals surface area contributed by atoms with Crippen LogP contribution in [0.25, 0.3) is 0 Å². The highest BCUT2D eigenvalue weighted by atomic mass is 32.2. The molecule has 76 valence electrons. The van der Waals surface area contributed by atoms with Gasteiger partial charge in [0.05, 0.1) is 0 Å². The predicted molar refractivity (Wildman–Crippen MR) is 53.9 cm³/mol. The lowest BCUT2D eigenvalue weighted by molar-refractivity contribution is 0.203. The molecular formula is C9H11NO3S. The molecule has 0 aliphatic rings. The summed E-state index contributed by atoms with van der Waals surface area (Å²) in [6, 6.07) is 6.53. The van der Waals surface area contributed by atoms with Gasteiger partial charge in [-0.1, -0.05) is 0 Å². The predicted octanol–water partition coefficient (Wildman–Crippen LogP) is 1.14. The van der Waals surface area contributed by atoms with Gasteiger partial charge in [0.1, 0.15) is 5.75 Å². The minimum absolute atomic E-state index is 0.429. The number of hydrogen-bond acceptors (Lipinski definition) is 3. The van der Waals surface area contributed by atoms with Crippen LogP contribution in [0.5, 0.6) is 5.75 Å². The quantitative estimate of drug-likeness (QED) is 0.801. The maximum Gasteiger partial charge on any atom is 0.412 e. The van der Waals surface area contributed by atoms with E-state index < -0.39 is 16.9 Å². The molecule has 0 spiro atoms. The molecule has 1 aromatic carbocycles. The summed E-state index contributed by atoms with van der Waals surface area (Å²) >= 11 is 0. The first-order valence-corrected chi connectivity index (χ1v) is 5.52. The number of hydrogen-bond donors (Lipinski definition) is 1. The Bertz CT molecular complexity index is 348. The zero-order valence-electron chi connectivity index (χ0n) is 7.94. The van der Waals surface area contributed by atoms with Crippen LogP contribution in [-0.4, -0.2) is 23.6 Å². The van der Waals surface area contributed by atoms with Gasteiger partial charge in [-0.3, -0.25) is 4.21 Å². The van der Waals surface area contributed by atoms with Crippen molar-refractivity contribution in [3.63, 3.8) is 0 Å². The van der Waals surface area contributed by atoms with Crippen LogP contribution >= 0.6 is 0 Å². The van der Waals surface area contributed by atoms with Crippen LogP contribution < -0.4 is 10.1 Å². The van der Waals surface area contributed by atoms with Gasteiger partial charge in [-0.05, 0) is 24.3 Å². The third-order valence-electron chi connectivity index (χ3n) is 1.57. The van der Waals surface area contributed by atoms with E-state index in [0.29, 0.717) is 10.6 Å². The molecule has 1 N–H and O–H groups in total. The van der Waals surface area contributed by atoms with Crippen molar-refractivity contribution in [1.29, 1.82) is 0 Å². The molecule has 0 aromatic heterocycles. The second-order valence-electron chi connectivity index (χ2n) is 2.57. The molecule has 0 aliphatic heterocycles. The molecule has 0 fully saturated rings. The third-order valence-corrected chi connectivity index (χ3v) is 2.51. The van der Waals surface area contributed by atoms with Crippen molar-refractivity contribution in [3.05, 3.63) is 24.3 Å². The molecule has 0 bridgehead atoms. The second-order valence-corrected chi connectivity index (χ2v) is 3.94. The lowest BCUT2D eigenvalue weighted by Gasteiger charge is -2.03. The van der Waals surface area contributed by atoms with E-state index in [0.717, 1.165) is 0 Å². The van der Waals surface area contributed by atoms with Crippen molar-refractivity contribution in [3.8, 4) is 5.75 Å². The SMILES string of the molecule is CNC(=O)Oc1ccc(S(C)=O)cc1. The minimum Gasteiger partial charge on any atom is -0.410 e. The molecule has 1 rings (SSSR count). The average molecular weight is 213 g/mol. The molecular weight excluding hydrogens is 202 g/mol. The van der Waals surface area contributed by atoms with Crippen molar-refractivity contribution in [2.75, 3.05) is 13.3 Å². The van der Waals surface area contributed by atoms with Gasteiger partial charge in [-0.15, -0.1) is 0 Å². The van der Waals surface area contributed by atoms with E-state index in [1.165, 1.54) is 7.05 Å². The van der Waals surface area contributed by atoms with Crippen LogP contribution in [0.3, 0.4) is 0 Å². The molecule has 1 amide bonds. The van der Waals surface area contributed by atoms with Crippen LogP contribution in [0.15, 0.2) is 29.2 Å². The van der Waals surface area contributed by atoms with Crippen LogP contribution in [0.2, 0.25) is 0 Å². The van der Waals surface area contributed by atoms with E-state index in [2.05, 4.69) is 5.32 Å². The molecule has 14 heavy (non-hydrogen) atoms. The van der Waals surface area contributed by atoms with Gasteiger partial charge >= 0.3 is 6.09 Å². The lowest BCUT2D eigenvalue weighted by atomic mass is 10.3. The Morgan fingerprint density at radius 3 is 2.36 bits per heavy atom. The zero-order chi connectivity index (χ0) is 10.6. The highest BCUT2D eigenvalue weighted by Crippen LogP contribution is 2.13. The number of ether oxygens (including phenoxy) is 1. The molecule has 4 nitrogen and oxygen atoms in total. The van der Waals surface area contributed by atoms with Gasteiger partial charge in [0.2, 0.25) is 0 Å². The molecule has 0 radical (unpaired) electrons. The number of carbonyl (C=O) groups is 1. The molecule has 0 aliphatic carbocycles. The smallest absolute Gasteiger partial charge is 0.410 e. The molecule has 1 atom stereocenters. The number of rotatable bonds is 2. The molecule has 1 aromatic rings. The number of carbonyl (C=O) groups excluding carboxylic acids is 1. The normalized spacial score (nSPS) is 11.9. The average Bonchev–Trinajstić information content (AvgIpc) is 2.18. The Hall–Kier alpha value is -1.36. The maximum absolute atomic E-state index is 11.0. The highest BCUT2D eigenvalue weighted by Gasteiger charge is 2.02. The van der Waals surface area contributed by atoms with E-state index in [4.69, 9.17) is 4.74 Å². The van der Waals surface area contributed by atoms with Crippen LogP contribution in [0.1, 0.15) is 0 Å². The number of amides is 1. The van der Waals surface area contributed by atoms with Crippen LogP contribution in [-0.2, 0) is 10.8 Å². The van der Waals surface area contributed by atoms with Crippen molar-refractivity contribution >= 4 is 16.9 Å². The summed E-state index contributed by atoms with van der Waals surface area (Å²) < 4.78 is 15.9. The summed E-state index contributed by atoms with van der Waals surface area (Å²) in [6.45, 7) is 0. The van der Waals surface area contributed by atoms with Crippen molar-refractivity contribution < 1.29 is 13.7 Å². The van der Waals surface area contributed by atoms with E-state index in [-0.39, 0.29) is 0 Å². The van der Waals surface area contributed by atoms with Gasteiger partial charge in [0, 0.05) is 29.0 Å². The first-order valence-electron chi connectivity index (χ1n) is 3.96. The van der Waals surface area contributed by atoms with Gasteiger partial charge in [0.25, 0.3) is 0 Å². The van der Waals surface area contributed by atoms with Gasteiger partial charge in [0.15, 0.2) is 0 Å². The van der Waals surface area contributed by atoms with E-state index >= 15 is 0 Å². The maximum atomic E-state index is 11.0. The van der Waals surface area contributed by atoms with Crippen molar-refractivity contribution in [2.24, 2.45) is 0 Å². The Morgan fingerprint density at radius 1 is 1.36 bits per heavy atom. The molecule has 0 heterocycles. The first kappa shape index (κ1) is 10.7. The van der Waals surface area contributed by atoms with E-state index in [1.807, 2.05) is 0 Å². The molecule has 1 unspecified atom stereocenters. The van der Waals surface area contributed by atoms with Gasteiger partial charge in [-0.2, -0.15) is 0 Å². The monoisotopic (exact) mass is 213 g/mol. The topological polar surface area (TPSA) is 55.4 Å². The van der Waals surface area contributed by atoms with Crippen LogP contribution in [0, 0.1) is 0 Å². The Kier molecular flexibility index (Phi) is 3.64. The van der Waals surface area contributed by atoms with Crippen molar-refractivity contribution in [1.82, 2.24) is 5.32 Å². The molecule has 0 saturated carbocycles. The fourth-order valence-electron chi connectivity index (χ4n) is 0.857. The molecule has 5 heteroatoms. The Morgan fingerprint density at radius 2 is 1.93 bits per heavy atom. The summed E-state index contributed by atoms with van der Waals surface area (Å²) in [5.41, 5.74) is 0. The lowest BCUT2D eigenvalue weighted by Crippen LogP contribution is -2.21. The summed E-state index contributed by atoms with van der Waals surface area (Å²) in [6.07, 6.45) is 1.07. The second kappa shape index (κ2) is 4.76. The summed E-state index contributed by atoms with van der Waals surface area (Å²) in [5.74, 6) is 0.429. The largest absolute Gasteiger partial charge is 0.412 e. The third kappa shape index (κ3) is 2.85. The van der Waals surface area contributed by atoms with Gasteiger partial charge in [-0.25, -0.2) is 4.79 Å². The Balaban J connectivity index is 2.73. The number of benzene rings is 1. The van der Waals surface area contributed by atoms with E-state index in [9.17, 15) is 9.00 Å². The summed E-state index contributed by atoms with van der Waals surface area (Å²) in [7, 11) is 0.476. The summed E-state index contributed by atoms with van der Waals surface area (Å²) in [5, 5.41) is 2.33. The minimum atomic E-state index is -1.01. The van der Waals surface area contributed by atoms with Crippen LogP contribution in [0.4, 0.5) is 4.79 Å². The van der Waals surface area contributed by atoms with Gasteiger partial charge < -0.3 is 10.1 Å². The fraction of sp³-hybridized carbons (Fsp3) is 0.222. The first-order chi connectivity index (χ1) is 6.63. The number of nitrogens with one attached hydrogen (secondary N) is 1. The highest BCUT2D eigenvalue weighted by molar-refractivity contribution is 7.84. The van der Waals surface area contributed by atoms with E-state index in [1.54, 1.807) is 30.5 Å². The zero-order valence-corrected chi connectivity index (χ0v) is 8.76. The summed E-state index contributed by atoms with van der Waals surface area (Å²) in [4.78, 5) is 11.5. The Labute approximate surface area is 84.7 Å².